The number of rotatable bonds is 4. The zero-order chi connectivity index (χ0) is 10.4. The Kier molecular flexibility index (Phi) is 3.92. The summed E-state index contributed by atoms with van der Waals surface area (Å²) in [5, 5.41) is 0. The summed E-state index contributed by atoms with van der Waals surface area (Å²) < 4.78 is 5.07. The first-order chi connectivity index (χ1) is 6.76. The molecule has 14 heavy (non-hydrogen) atoms. The Balaban J connectivity index is 2.71. The van der Waals surface area contributed by atoms with Gasteiger partial charge in [0.15, 0.2) is 5.78 Å². The summed E-state index contributed by atoms with van der Waals surface area (Å²) >= 11 is 0. The lowest BCUT2D eigenvalue weighted by Gasteiger charge is -2.01. The summed E-state index contributed by atoms with van der Waals surface area (Å²) in [5.74, 6) is 0.900. The maximum Gasteiger partial charge on any atom is 0.159 e. The van der Waals surface area contributed by atoms with Crippen molar-refractivity contribution in [2.75, 3.05) is 7.11 Å². The molecule has 0 fully saturated rings. The van der Waals surface area contributed by atoms with Crippen LogP contribution in [0.4, 0.5) is 0 Å². The lowest BCUT2D eigenvalue weighted by molar-refractivity contribution is -0.114. The largest absolute Gasteiger partial charge is 0.497 e. The molecule has 2 nitrogen and oxygen atoms in total. The van der Waals surface area contributed by atoms with Gasteiger partial charge in [-0.2, -0.15) is 0 Å². The van der Waals surface area contributed by atoms with E-state index in [-0.39, 0.29) is 5.78 Å². The number of benzene rings is 1. The fourth-order valence-electron chi connectivity index (χ4n) is 1.23. The molecule has 2 heteroatoms. The molecular formula is C12H14O2. The molecule has 0 aromatic heterocycles. The second-order valence-corrected chi connectivity index (χ2v) is 2.99. The summed E-state index contributed by atoms with van der Waals surface area (Å²) in [7, 11) is 1.62. The predicted octanol–water partition coefficient (Wildman–Crippen LogP) is 2.38. The molecular weight excluding hydrogens is 176 g/mol. The van der Waals surface area contributed by atoms with Crippen molar-refractivity contribution in [1.29, 1.82) is 0 Å². The summed E-state index contributed by atoms with van der Waals surface area (Å²) in [4.78, 5) is 11.3. The number of carbonyl (C=O) groups excluding carboxylic acids is 1. The van der Waals surface area contributed by atoms with Crippen LogP contribution < -0.4 is 4.74 Å². The van der Waals surface area contributed by atoms with Gasteiger partial charge >= 0.3 is 0 Å². The fourth-order valence-corrected chi connectivity index (χ4v) is 1.23. The van der Waals surface area contributed by atoms with Crippen LogP contribution in [-0.4, -0.2) is 12.9 Å². The van der Waals surface area contributed by atoms with E-state index in [4.69, 9.17) is 4.74 Å². The molecule has 1 aromatic carbocycles. The van der Waals surface area contributed by atoms with Crippen LogP contribution in [0.25, 0.3) is 0 Å². The molecule has 0 amide bonds. The van der Waals surface area contributed by atoms with Gasteiger partial charge in [-0.15, -0.1) is 0 Å². The number of ketones is 1. The number of carbonyl (C=O) groups is 1. The number of hydrogen-bond acceptors (Lipinski definition) is 2. The molecule has 0 unspecified atom stereocenters. The molecule has 0 aliphatic carbocycles. The normalized spacial score (nSPS) is 10.4. The van der Waals surface area contributed by atoms with Crippen LogP contribution in [0, 0.1) is 0 Å². The van der Waals surface area contributed by atoms with E-state index in [0.29, 0.717) is 6.42 Å². The molecule has 0 saturated carbocycles. The monoisotopic (exact) mass is 190 g/mol. The Morgan fingerprint density at radius 3 is 2.93 bits per heavy atom. The molecule has 1 aromatic rings. The van der Waals surface area contributed by atoms with Gasteiger partial charge in [0.25, 0.3) is 0 Å². The number of ether oxygens (including phenoxy) is 1. The van der Waals surface area contributed by atoms with E-state index in [9.17, 15) is 4.79 Å². The molecule has 1 rings (SSSR count). The highest BCUT2D eigenvalue weighted by atomic mass is 16.5. The minimum atomic E-state index is 0.112. The summed E-state index contributed by atoms with van der Waals surface area (Å²) in [6, 6.07) is 7.55. The maximum atomic E-state index is 11.3. The van der Waals surface area contributed by atoms with Crippen molar-refractivity contribution in [3.05, 3.63) is 42.0 Å². The van der Waals surface area contributed by atoms with Crippen molar-refractivity contribution in [3.8, 4) is 5.75 Å². The van der Waals surface area contributed by atoms with Crippen LogP contribution in [0.5, 0.6) is 5.75 Å². The zero-order valence-corrected chi connectivity index (χ0v) is 8.49. The summed E-state index contributed by atoms with van der Waals surface area (Å²) in [6.45, 7) is 1.84. The van der Waals surface area contributed by atoms with Crippen molar-refractivity contribution >= 4 is 5.78 Å². The first kappa shape index (κ1) is 10.5. The lowest BCUT2D eigenvalue weighted by Crippen LogP contribution is -1.98. The van der Waals surface area contributed by atoms with Crippen LogP contribution in [-0.2, 0) is 11.2 Å². The number of hydrogen-bond donors (Lipinski definition) is 0. The van der Waals surface area contributed by atoms with Crippen molar-refractivity contribution in [3.63, 3.8) is 0 Å². The van der Waals surface area contributed by atoms with E-state index in [0.717, 1.165) is 11.3 Å². The van der Waals surface area contributed by atoms with Gasteiger partial charge in [-0.05, 0) is 30.7 Å². The van der Waals surface area contributed by atoms with E-state index in [1.807, 2.05) is 31.2 Å². The average molecular weight is 190 g/mol. The Bertz CT molecular complexity index is 340. The van der Waals surface area contributed by atoms with Gasteiger partial charge in [-0.3, -0.25) is 4.79 Å². The first-order valence-corrected chi connectivity index (χ1v) is 4.54. The van der Waals surface area contributed by atoms with Crippen LogP contribution >= 0.6 is 0 Å². The number of allylic oxidation sites excluding steroid dienone is 2. The average Bonchev–Trinajstić information content (AvgIpc) is 2.18. The Hall–Kier alpha value is -1.57. The maximum absolute atomic E-state index is 11.3. The minimum Gasteiger partial charge on any atom is -0.497 e. The van der Waals surface area contributed by atoms with E-state index in [2.05, 4.69) is 0 Å². The lowest BCUT2D eigenvalue weighted by atomic mass is 10.1. The second kappa shape index (κ2) is 5.22. The second-order valence-electron chi connectivity index (χ2n) is 2.99. The summed E-state index contributed by atoms with van der Waals surface area (Å²) in [6.07, 6.45) is 3.77. The van der Waals surface area contributed by atoms with E-state index in [1.165, 1.54) is 0 Å². The third kappa shape index (κ3) is 3.05. The van der Waals surface area contributed by atoms with Crippen molar-refractivity contribution in [2.24, 2.45) is 0 Å². The van der Waals surface area contributed by atoms with Crippen LogP contribution in [0.3, 0.4) is 0 Å². The van der Waals surface area contributed by atoms with Gasteiger partial charge in [0, 0.05) is 6.42 Å². The van der Waals surface area contributed by atoms with Crippen molar-refractivity contribution in [1.82, 2.24) is 0 Å². The van der Waals surface area contributed by atoms with Crippen molar-refractivity contribution in [2.45, 2.75) is 13.3 Å². The van der Waals surface area contributed by atoms with E-state index in [1.54, 1.807) is 19.3 Å². The molecule has 0 spiro atoms. The van der Waals surface area contributed by atoms with E-state index >= 15 is 0 Å². The highest BCUT2D eigenvalue weighted by molar-refractivity contribution is 5.91. The molecule has 0 atom stereocenters. The fraction of sp³-hybridized carbons (Fsp3) is 0.250. The molecule has 0 saturated heterocycles. The molecule has 0 radical (unpaired) electrons. The Morgan fingerprint density at radius 2 is 2.29 bits per heavy atom. The van der Waals surface area contributed by atoms with E-state index < -0.39 is 0 Å². The predicted molar refractivity (Wildman–Crippen MR) is 56.5 cm³/mol. The first-order valence-electron chi connectivity index (χ1n) is 4.54. The van der Waals surface area contributed by atoms with Gasteiger partial charge in [-0.25, -0.2) is 0 Å². The molecule has 0 aliphatic heterocycles. The highest BCUT2D eigenvalue weighted by Gasteiger charge is 2.00. The molecule has 0 aliphatic rings. The van der Waals surface area contributed by atoms with Gasteiger partial charge in [0.05, 0.1) is 7.11 Å². The SMILES string of the molecule is C/C=C/C(=O)Cc1cccc(OC)c1. The third-order valence-electron chi connectivity index (χ3n) is 1.87. The van der Waals surface area contributed by atoms with Gasteiger partial charge < -0.3 is 4.74 Å². The van der Waals surface area contributed by atoms with Gasteiger partial charge in [-0.1, -0.05) is 18.2 Å². The van der Waals surface area contributed by atoms with Crippen molar-refractivity contribution < 1.29 is 9.53 Å². The third-order valence-corrected chi connectivity index (χ3v) is 1.87. The van der Waals surface area contributed by atoms with Crippen LogP contribution in [0.15, 0.2) is 36.4 Å². The number of methoxy groups -OCH3 is 1. The molecule has 0 N–H and O–H groups in total. The van der Waals surface area contributed by atoms with Crippen LogP contribution in [0.1, 0.15) is 12.5 Å². The standard InChI is InChI=1S/C12H14O2/c1-3-5-11(13)8-10-6-4-7-12(9-10)14-2/h3-7,9H,8H2,1-2H3/b5-3+. The highest BCUT2D eigenvalue weighted by Crippen LogP contribution is 2.13. The molecule has 0 heterocycles. The molecule has 0 bridgehead atoms. The topological polar surface area (TPSA) is 26.3 Å². The zero-order valence-electron chi connectivity index (χ0n) is 8.49. The Labute approximate surface area is 84.2 Å². The minimum absolute atomic E-state index is 0.112. The smallest absolute Gasteiger partial charge is 0.159 e. The molecule has 74 valence electrons. The summed E-state index contributed by atoms with van der Waals surface area (Å²) in [5.41, 5.74) is 0.979. The van der Waals surface area contributed by atoms with Gasteiger partial charge in [0.2, 0.25) is 0 Å². The van der Waals surface area contributed by atoms with Crippen LogP contribution in [0.2, 0.25) is 0 Å². The van der Waals surface area contributed by atoms with Gasteiger partial charge in [0.1, 0.15) is 5.75 Å². The quantitative estimate of drug-likeness (QED) is 0.681. The Morgan fingerprint density at radius 1 is 1.50 bits per heavy atom.